The van der Waals surface area contributed by atoms with Gasteiger partial charge >= 0.3 is 6.03 Å². The number of hydrogen-bond donors (Lipinski definition) is 2. The van der Waals surface area contributed by atoms with Crippen LogP contribution in [0.2, 0.25) is 0 Å². The van der Waals surface area contributed by atoms with Crippen LogP contribution in [0.1, 0.15) is 12.8 Å². The van der Waals surface area contributed by atoms with Gasteiger partial charge in [0.1, 0.15) is 0 Å². The first-order valence-corrected chi connectivity index (χ1v) is 7.67. The van der Waals surface area contributed by atoms with Gasteiger partial charge in [0.25, 0.3) is 0 Å². The number of alkyl halides is 1. The number of rotatable bonds is 5. The Morgan fingerprint density at radius 2 is 2.24 bits per heavy atom. The first kappa shape index (κ1) is 14.5. The van der Waals surface area contributed by atoms with Gasteiger partial charge in [-0.25, -0.2) is 17.5 Å². The zero-order valence-corrected chi connectivity index (χ0v) is 11.1. The van der Waals surface area contributed by atoms with E-state index in [1.54, 1.807) is 0 Å². The largest absolute Gasteiger partial charge is 0.352 e. The van der Waals surface area contributed by atoms with Crippen LogP contribution in [-0.2, 0) is 10.0 Å². The molecule has 1 saturated heterocycles. The fourth-order valence-electron chi connectivity index (χ4n) is 1.92. The van der Waals surface area contributed by atoms with Gasteiger partial charge in [0.2, 0.25) is 10.0 Å². The molecular weight excluding hydrogens is 266 g/mol. The lowest BCUT2D eigenvalue weighted by Gasteiger charge is -2.31. The number of carbonyl (C=O) groups is 1. The van der Waals surface area contributed by atoms with Crippen molar-refractivity contribution in [1.82, 2.24) is 9.62 Å². The molecule has 1 aliphatic heterocycles. The highest BCUT2D eigenvalue weighted by atomic mass is 35.5. The van der Waals surface area contributed by atoms with Crippen LogP contribution >= 0.6 is 11.6 Å². The fraction of sp³-hybridized carbons (Fsp3) is 0.889. The molecule has 1 atom stereocenters. The maximum Gasteiger partial charge on any atom is 0.312 e. The molecule has 0 aromatic rings. The second-order valence-corrected chi connectivity index (χ2v) is 6.58. The van der Waals surface area contributed by atoms with Gasteiger partial charge < -0.3 is 11.1 Å². The van der Waals surface area contributed by atoms with Crippen LogP contribution in [0.5, 0.6) is 0 Å². The van der Waals surface area contributed by atoms with Crippen molar-refractivity contribution in [2.24, 2.45) is 11.7 Å². The van der Waals surface area contributed by atoms with Crippen LogP contribution in [0.25, 0.3) is 0 Å². The molecule has 1 heterocycles. The zero-order valence-electron chi connectivity index (χ0n) is 9.56. The molecule has 17 heavy (non-hydrogen) atoms. The number of nitrogens with one attached hydrogen (secondary N) is 1. The van der Waals surface area contributed by atoms with Crippen LogP contribution < -0.4 is 11.1 Å². The summed E-state index contributed by atoms with van der Waals surface area (Å²) in [4.78, 5) is 10.6. The van der Waals surface area contributed by atoms with Gasteiger partial charge in [-0.2, -0.15) is 0 Å². The van der Waals surface area contributed by atoms with Crippen molar-refractivity contribution in [3.05, 3.63) is 0 Å². The van der Waals surface area contributed by atoms with E-state index in [-0.39, 0.29) is 17.6 Å². The molecule has 0 aromatic carbocycles. The van der Waals surface area contributed by atoms with Crippen LogP contribution in [0, 0.1) is 5.92 Å². The average molecular weight is 284 g/mol. The van der Waals surface area contributed by atoms with E-state index in [0.717, 1.165) is 12.8 Å². The minimum atomic E-state index is -3.25. The summed E-state index contributed by atoms with van der Waals surface area (Å²) < 4.78 is 25.0. The Labute approximate surface area is 107 Å². The van der Waals surface area contributed by atoms with E-state index in [0.29, 0.717) is 19.6 Å². The summed E-state index contributed by atoms with van der Waals surface area (Å²) in [5, 5.41) is 2.51. The molecule has 100 valence electrons. The highest BCUT2D eigenvalue weighted by Crippen LogP contribution is 2.19. The molecule has 3 N–H and O–H groups in total. The van der Waals surface area contributed by atoms with Crippen LogP contribution in [0.3, 0.4) is 0 Å². The molecular formula is C9H18ClN3O3S. The highest BCUT2D eigenvalue weighted by molar-refractivity contribution is 7.89. The number of sulfonamides is 1. The number of carbonyl (C=O) groups excluding carboxylic acids is 1. The number of nitrogens with zero attached hydrogens (tertiary/aromatic N) is 1. The summed E-state index contributed by atoms with van der Waals surface area (Å²) in [5.74, 6) is 0.189. The predicted molar refractivity (Wildman–Crippen MR) is 66.4 cm³/mol. The number of piperidine rings is 1. The van der Waals surface area contributed by atoms with Crippen molar-refractivity contribution < 1.29 is 13.2 Å². The molecule has 1 fully saturated rings. The van der Waals surface area contributed by atoms with E-state index >= 15 is 0 Å². The van der Waals surface area contributed by atoms with Crippen LogP contribution in [0.4, 0.5) is 4.79 Å². The van der Waals surface area contributed by atoms with Crippen molar-refractivity contribution >= 4 is 27.7 Å². The first-order chi connectivity index (χ1) is 7.95. The van der Waals surface area contributed by atoms with Gasteiger partial charge in [-0.15, -0.1) is 11.6 Å². The van der Waals surface area contributed by atoms with Crippen molar-refractivity contribution in [3.8, 4) is 0 Å². The molecule has 1 unspecified atom stereocenters. The number of amides is 2. The lowest BCUT2D eigenvalue weighted by molar-refractivity contribution is 0.236. The van der Waals surface area contributed by atoms with Crippen molar-refractivity contribution in [2.45, 2.75) is 12.8 Å². The average Bonchev–Trinajstić information content (AvgIpc) is 2.27. The van der Waals surface area contributed by atoms with E-state index in [9.17, 15) is 13.2 Å². The lowest BCUT2D eigenvalue weighted by atomic mass is 10.00. The Morgan fingerprint density at radius 1 is 1.53 bits per heavy atom. The topological polar surface area (TPSA) is 92.5 Å². The second-order valence-electron chi connectivity index (χ2n) is 4.12. The molecule has 6 nitrogen and oxygen atoms in total. The SMILES string of the molecule is NC(=O)NCC1CCCN(S(=O)(=O)CCCl)C1. The quantitative estimate of drug-likeness (QED) is 0.692. The third-order valence-electron chi connectivity index (χ3n) is 2.78. The first-order valence-electron chi connectivity index (χ1n) is 5.53. The minimum absolute atomic E-state index is 0.0372. The Morgan fingerprint density at radius 3 is 2.82 bits per heavy atom. The highest BCUT2D eigenvalue weighted by Gasteiger charge is 2.28. The summed E-state index contributed by atoms with van der Waals surface area (Å²) in [6, 6.07) is -0.578. The van der Waals surface area contributed by atoms with Gasteiger partial charge in [0.15, 0.2) is 0 Å². The van der Waals surface area contributed by atoms with Crippen molar-refractivity contribution in [2.75, 3.05) is 31.3 Å². The molecule has 0 bridgehead atoms. The Hall–Kier alpha value is -0.530. The maximum absolute atomic E-state index is 11.8. The van der Waals surface area contributed by atoms with E-state index in [1.165, 1.54) is 4.31 Å². The Kier molecular flexibility index (Phi) is 5.48. The third kappa shape index (κ3) is 4.69. The molecule has 0 aromatic heterocycles. The van der Waals surface area contributed by atoms with Gasteiger partial charge in [0.05, 0.1) is 5.75 Å². The Bertz CT molecular complexity index is 360. The maximum atomic E-state index is 11.8. The summed E-state index contributed by atoms with van der Waals surface area (Å²) in [6.07, 6.45) is 1.69. The molecule has 0 saturated carbocycles. The normalized spacial score (nSPS) is 22.3. The van der Waals surface area contributed by atoms with Crippen molar-refractivity contribution in [1.29, 1.82) is 0 Å². The van der Waals surface area contributed by atoms with Crippen molar-refractivity contribution in [3.63, 3.8) is 0 Å². The number of hydrogen-bond acceptors (Lipinski definition) is 3. The van der Waals surface area contributed by atoms with Gasteiger partial charge in [0, 0.05) is 25.5 Å². The van der Waals surface area contributed by atoms with E-state index in [4.69, 9.17) is 17.3 Å². The monoisotopic (exact) mass is 283 g/mol. The number of primary amides is 1. The Balaban J connectivity index is 2.51. The molecule has 0 aliphatic carbocycles. The second kappa shape index (κ2) is 6.42. The summed E-state index contributed by atoms with van der Waals surface area (Å²) in [7, 11) is -3.25. The predicted octanol–water partition coefficient (Wildman–Crippen LogP) is -0.0647. The van der Waals surface area contributed by atoms with E-state index in [2.05, 4.69) is 5.32 Å². The molecule has 2 amide bonds. The zero-order chi connectivity index (χ0) is 12.9. The third-order valence-corrected chi connectivity index (χ3v) is 5.03. The van der Waals surface area contributed by atoms with Crippen LogP contribution in [-0.4, -0.2) is 50.0 Å². The molecule has 1 aliphatic rings. The standard InChI is InChI=1S/C9H18ClN3O3S/c10-3-5-17(15,16)13-4-1-2-8(7-13)6-12-9(11)14/h8H,1-7H2,(H3,11,12,14). The van der Waals surface area contributed by atoms with E-state index < -0.39 is 16.1 Å². The lowest BCUT2D eigenvalue weighted by Crippen LogP contribution is -2.45. The van der Waals surface area contributed by atoms with Gasteiger partial charge in [-0.3, -0.25) is 0 Å². The summed E-state index contributed by atoms with van der Waals surface area (Å²) in [5.41, 5.74) is 4.98. The smallest absolute Gasteiger partial charge is 0.312 e. The minimum Gasteiger partial charge on any atom is -0.352 e. The number of urea groups is 1. The summed E-state index contributed by atoms with van der Waals surface area (Å²) >= 11 is 5.47. The molecule has 8 heteroatoms. The fourth-order valence-corrected chi connectivity index (χ4v) is 3.80. The molecule has 0 spiro atoms. The van der Waals surface area contributed by atoms with E-state index in [1.807, 2.05) is 0 Å². The molecule has 1 rings (SSSR count). The van der Waals surface area contributed by atoms with Gasteiger partial charge in [-0.1, -0.05) is 0 Å². The molecule has 0 radical (unpaired) electrons. The summed E-state index contributed by atoms with van der Waals surface area (Å²) in [6.45, 7) is 1.38. The van der Waals surface area contributed by atoms with Crippen LogP contribution in [0.15, 0.2) is 0 Å². The number of nitrogens with two attached hydrogens (primary N) is 1. The number of halogens is 1. The van der Waals surface area contributed by atoms with Gasteiger partial charge in [-0.05, 0) is 18.8 Å².